The number of carbonyl (C=O) groups is 4. The Balaban J connectivity index is 1.12. The standard InChI is InChI=1S/C53H57F3N4O10Si/c1-9-43(34-16-19-38-40(26-34)47(58-48(38)62)39-20-21-45(61)60(50(39)63)32-66-24-25-71(6,7)8)68-30-35-12-10-11-13-36(35)31-69-49-46(44(22-23-57-49)67-29-33-14-17-37(65-5)18-15-33)41-27-59(28-42(41)53(54,55)56)51(64)70-52(2,3)4/h1,10-19,22-23,26-28,39,43,47H,20-21,24-25,29-32H2,2-8H3,(H,58,62). The number of hydrogen-bond acceptors (Lipinski definition) is 11. The Morgan fingerprint density at radius 1 is 0.930 bits per heavy atom. The Hall–Kier alpha value is -6.94. The number of nitrogens with zero attached hydrogens (tertiary/aromatic N) is 3. The average Bonchev–Trinajstić information content (AvgIpc) is 3.91. The molecule has 3 aromatic carbocycles. The topological polar surface area (TPSA) is 157 Å². The zero-order valence-electron chi connectivity index (χ0n) is 40.7. The van der Waals surface area contributed by atoms with Gasteiger partial charge in [-0.3, -0.25) is 23.9 Å². The molecule has 18 heteroatoms. The molecule has 1 N–H and O–H groups in total. The van der Waals surface area contributed by atoms with Crippen molar-refractivity contribution in [3.8, 4) is 40.8 Å². The van der Waals surface area contributed by atoms with E-state index in [0.717, 1.165) is 21.7 Å². The van der Waals surface area contributed by atoms with Gasteiger partial charge in [0.25, 0.3) is 5.91 Å². The molecule has 2 aromatic heterocycles. The number of methoxy groups -OCH3 is 1. The van der Waals surface area contributed by atoms with Crippen molar-refractivity contribution in [2.24, 2.45) is 5.92 Å². The van der Waals surface area contributed by atoms with Gasteiger partial charge < -0.3 is 33.7 Å². The van der Waals surface area contributed by atoms with E-state index in [1.165, 1.54) is 19.4 Å². The first-order valence-electron chi connectivity index (χ1n) is 23.1. The van der Waals surface area contributed by atoms with E-state index < -0.39 is 61.0 Å². The number of imide groups is 1. The van der Waals surface area contributed by atoms with E-state index in [4.69, 9.17) is 34.8 Å². The van der Waals surface area contributed by atoms with Crippen LogP contribution in [0.5, 0.6) is 17.4 Å². The third-order valence-corrected chi connectivity index (χ3v) is 13.6. The maximum atomic E-state index is 14.9. The Morgan fingerprint density at radius 3 is 2.31 bits per heavy atom. The van der Waals surface area contributed by atoms with Crippen LogP contribution in [0.4, 0.5) is 18.0 Å². The largest absolute Gasteiger partial charge is 0.497 e. The number of piperidine rings is 1. The van der Waals surface area contributed by atoms with Crippen LogP contribution in [0.2, 0.25) is 25.7 Å². The molecule has 3 atom stereocenters. The van der Waals surface area contributed by atoms with Gasteiger partial charge in [0.05, 0.1) is 36.8 Å². The molecular formula is C53H57F3N4O10Si. The molecule has 0 saturated carbocycles. The predicted octanol–water partition coefficient (Wildman–Crippen LogP) is 10.3. The summed E-state index contributed by atoms with van der Waals surface area (Å²) in [6, 6.07) is 20.7. The summed E-state index contributed by atoms with van der Waals surface area (Å²) in [5.41, 5.74) is 0.672. The highest BCUT2D eigenvalue weighted by Crippen LogP contribution is 2.45. The van der Waals surface area contributed by atoms with Crippen molar-refractivity contribution in [3.05, 3.63) is 130 Å². The number of halogens is 3. The van der Waals surface area contributed by atoms with Crippen LogP contribution in [-0.4, -0.2) is 72.4 Å². The number of aromatic nitrogens is 2. The molecule has 71 heavy (non-hydrogen) atoms. The summed E-state index contributed by atoms with van der Waals surface area (Å²) < 4.78 is 80.6. The lowest BCUT2D eigenvalue weighted by molar-refractivity contribution is -0.159. The number of alkyl halides is 3. The molecule has 0 radical (unpaired) electrons. The number of carbonyl (C=O) groups excluding carboxylic acids is 4. The van der Waals surface area contributed by atoms with Gasteiger partial charge in [0.2, 0.25) is 17.7 Å². The van der Waals surface area contributed by atoms with Crippen LogP contribution in [-0.2, 0) is 49.8 Å². The molecule has 7 rings (SSSR count). The highest BCUT2D eigenvalue weighted by Gasteiger charge is 2.44. The first-order valence-corrected chi connectivity index (χ1v) is 26.8. The summed E-state index contributed by atoms with van der Waals surface area (Å²) in [6.07, 6.45) is 2.57. The zero-order valence-corrected chi connectivity index (χ0v) is 41.7. The maximum absolute atomic E-state index is 14.9. The molecule has 3 unspecified atom stereocenters. The van der Waals surface area contributed by atoms with Gasteiger partial charge in [-0.2, -0.15) is 13.2 Å². The van der Waals surface area contributed by atoms with Crippen molar-refractivity contribution in [3.63, 3.8) is 0 Å². The molecule has 0 spiro atoms. The van der Waals surface area contributed by atoms with Crippen molar-refractivity contribution >= 4 is 31.9 Å². The van der Waals surface area contributed by atoms with Gasteiger partial charge in [0.1, 0.15) is 43.1 Å². The quantitative estimate of drug-likeness (QED) is 0.0386. The van der Waals surface area contributed by atoms with Crippen molar-refractivity contribution in [2.45, 2.75) is 103 Å². The Bertz CT molecular complexity index is 2810. The SMILES string of the molecule is C#CC(OCc1ccccc1COc1nccc(OCc2ccc(OC)cc2)c1-c1cn(C(=O)OC(C)(C)C)cc1C(F)(F)F)c1ccc2c(c1)C(C1CCC(=O)N(COCC[Si](C)(C)C)C1=O)NC2=O. The molecule has 3 amide bonds. The Morgan fingerprint density at radius 2 is 1.65 bits per heavy atom. The van der Waals surface area contributed by atoms with Crippen molar-refractivity contribution in [2.75, 3.05) is 20.4 Å². The van der Waals surface area contributed by atoms with E-state index in [1.807, 2.05) is 0 Å². The van der Waals surface area contributed by atoms with Gasteiger partial charge in [0, 0.05) is 50.8 Å². The molecule has 2 aliphatic rings. The second kappa shape index (κ2) is 21.6. The lowest BCUT2D eigenvalue weighted by Crippen LogP contribution is -2.49. The van der Waals surface area contributed by atoms with Gasteiger partial charge in [0.15, 0.2) is 0 Å². The summed E-state index contributed by atoms with van der Waals surface area (Å²) in [5.74, 6) is 1.26. The average molecular weight is 995 g/mol. The fourth-order valence-corrected chi connectivity index (χ4v) is 8.90. The van der Waals surface area contributed by atoms with Crippen LogP contribution in [0.25, 0.3) is 11.1 Å². The molecule has 0 aliphatic carbocycles. The van der Waals surface area contributed by atoms with Crippen LogP contribution in [0.15, 0.2) is 91.4 Å². The van der Waals surface area contributed by atoms with Gasteiger partial charge in [-0.05, 0) is 91.4 Å². The van der Waals surface area contributed by atoms with Crippen LogP contribution in [0, 0.1) is 18.3 Å². The number of pyridine rings is 1. The molecule has 374 valence electrons. The maximum Gasteiger partial charge on any atom is 0.418 e. The highest BCUT2D eigenvalue weighted by atomic mass is 28.3. The smallest absolute Gasteiger partial charge is 0.418 e. The summed E-state index contributed by atoms with van der Waals surface area (Å²) in [5, 5.41) is 2.95. The lowest BCUT2D eigenvalue weighted by Gasteiger charge is -2.33. The lowest BCUT2D eigenvalue weighted by atomic mass is 9.85. The Labute approximate surface area is 411 Å². The van der Waals surface area contributed by atoms with Gasteiger partial charge in [-0.1, -0.05) is 68.0 Å². The first-order chi connectivity index (χ1) is 33.6. The molecule has 0 bridgehead atoms. The Kier molecular flexibility index (Phi) is 15.8. The fourth-order valence-electron chi connectivity index (χ4n) is 8.15. The number of likely N-dealkylation sites (tertiary alicyclic amines) is 1. The van der Waals surface area contributed by atoms with Crippen LogP contribution in [0.3, 0.4) is 0 Å². The fraction of sp³-hybridized carbons (Fsp3) is 0.377. The minimum atomic E-state index is -4.93. The molecule has 5 aromatic rings. The summed E-state index contributed by atoms with van der Waals surface area (Å²) in [6.45, 7) is 11.4. The number of nitrogens with one attached hydrogen (secondary N) is 1. The van der Waals surface area contributed by atoms with E-state index in [1.54, 1.807) is 87.5 Å². The monoisotopic (exact) mass is 994 g/mol. The molecule has 1 saturated heterocycles. The van der Waals surface area contributed by atoms with E-state index in [9.17, 15) is 32.3 Å². The number of ether oxygens (including phenoxy) is 6. The van der Waals surface area contributed by atoms with E-state index in [-0.39, 0.29) is 68.4 Å². The van der Waals surface area contributed by atoms with Gasteiger partial charge >= 0.3 is 12.3 Å². The predicted molar refractivity (Wildman–Crippen MR) is 259 cm³/mol. The number of terminal acetylenes is 1. The van der Waals surface area contributed by atoms with Crippen molar-refractivity contribution in [1.82, 2.24) is 19.8 Å². The van der Waals surface area contributed by atoms with Crippen LogP contribution < -0.4 is 19.5 Å². The first kappa shape index (κ1) is 51.9. The van der Waals surface area contributed by atoms with E-state index >= 15 is 0 Å². The summed E-state index contributed by atoms with van der Waals surface area (Å²) >= 11 is 0. The van der Waals surface area contributed by atoms with Gasteiger partial charge in [-0.25, -0.2) is 9.78 Å². The minimum absolute atomic E-state index is 0.000697. The normalized spacial score (nSPS) is 16.5. The van der Waals surface area contributed by atoms with Crippen LogP contribution >= 0.6 is 0 Å². The van der Waals surface area contributed by atoms with Crippen molar-refractivity contribution in [1.29, 1.82) is 0 Å². The van der Waals surface area contributed by atoms with E-state index in [2.05, 4.69) is 35.9 Å². The number of hydrogen-bond donors (Lipinski definition) is 1. The molecule has 14 nitrogen and oxygen atoms in total. The summed E-state index contributed by atoms with van der Waals surface area (Å²) in [7, 11) is 0.124. The van der Waals surface area contributed by atoms with Crippen LogP contribution in [0.1, 0.15) is 89.5 Å². The second-order valence-corrected chi connectivity index (χ2v) is 25.1. The number of rotatable bonds is 18. The number of amides is 3. The summed E-state index contributed by atoms with van der Waals surface area (Å²) in [4.78, 5) is 58.5. The highest BCUT2D eigenvalue weighted by molar-refractivity contribution is 6.76. The third kappa shape index (κ3) is 12.7. The van der Waals surface area contributed by atoms with E-state index in [0.29, 0.717) is 51.9 Å². The number of fused-ring (bicyclic) bond motifs is 1. The molecule has 4 heterocycles. The molecule has 2 aliphatic heterocycles. The number of benzene rings is 3. The minimum Gasteiger partial charge on any atom is -0.497 e. The molecule has 1 fully saturated rings. The van der Waals surface area contributed by atoms with Gasteiger partial charge in [-0.15, -0.1) is 6.42 Å². The zero-order chi connectivity index (χ0) is 51.3. The van der Waals surface area contributed by atoms with Crippen molar-refractivity contribution < 1.29 is 60.8 Å². The molecular weight excluding hydrogens is 938 g/mol. The second-order valence-electron chi connectivity index (χ2n) is 19.5. The third-order valence-electron chi connectivity index (χ3n) is 11.9.